The highest BCUT2D eigenvalue weighted by Gasteiger charge is 2.12. The van der Waals surface area contributed by atoms with E-state index >= 15 is 0 Å². The maximum Gasteiger partial charge on any atom is 0.248 e. The van der Waals surface area contributed by atoms with Crippen molar-refractivity contribution in [3.8, 4) is 11.5 Å². The van der Waals surface area contributed by atoms with E-state index in [0.29, 0.717) is 43.6 Å². The molecular weight excluding hydrogens is 382 g/mol. The van der Waals surface area contributed by atoms with Crippen molar-refractivity contribution >= 4 is 23.5 Å². The van der Waals surface area contributed by atoms with Gasteiger partial charge in [0.15, 0.2) is 11.5 Å². The summed E-state index contributed by atoms with van der Waals surface area (Å²) in [6.07, 6.45) is 5.84. The summed E-state index contributed by atoms with van der Waals surface area (Å²) in [6.45, 7) is 8.24. The second kappa shape index (κ2) is 11.2. The Labute approximate surface area is 177 Å². The van der Waals surface area contributed by atoms with Gasteiger partial charge in [0.25, 0.3) is 0 Å². The molecule has 0 bridgehead atoms. The lowest BCUT2D eigenvalue weighted by molar-refractivity contribution is -0.111. The minimum atomic E-state index is -0.222. The summed E-state index contributed by atoms with van der Waals surface area (Å²) in [7, 11) is 0. The molecule has 1 aromatic heterocycles. The standard InChI is InChI=1S/C23H29N3O4/c1-3-13-30-20-8-5-18(16-21(20)29-4-2)6-10-23(27)25-19-7-9-22(24-17-19)26-11-14-28-15-12-26/h5-10,16-17H,3-4,11-15H2,1-2H3,(H,25,27)/b10-6+. The summed E-state index contributed by atoms with van der Waals surface area (Å²) in [5, 5.41) is 2.83. The first-order valence-corrected chi connectivity index (χ1v) is 10.4. The Morgan fingerprint density at radius 3 is 2.70 bits per heavy atom. The topological polar surface area (TPSA) is 72.9 Å². The van der Waals surface area contributed by atoms with Gasteiger partial charge in [0.1, 0.15) is 5.82 Å². The van der Waals surface area contributed by atoms with Crippen molar-refractivity contribution in [1.29, 1.82) is 0 Å². The highest BCUT2D eigenvalue weighted by atomic mass is 16.5. The molecule has 7 nitrogen and oxygen atoms in total. The van der Waals surface area contributed by atoms with E-state index in [1.165, 1.54) is 6.08 Å². The van der Waals surface area contributed by atoms with Crippen LogP contribution in [0, 0.1) is 0 Å². The quantitative estimate of drug-likeness (QED) is 0.634. The molecule has 1 aromatic carbocycles. The Bertz CT molecular complexity index is 846. The molecule has 1 saturated heterocycles. The average molecular weight is 412 g/mol. The largest absolute Gasteiger partial charge is 0.490 e. The molecule has 1 N–H and O–H groups in total. The number of nitrogens with one attached hydrogen (secondary N) is 1. The van der Waals surface area contributed by atoms with E-state index in [2.05, 4.69) is 22.1 Å². The molecule has 2 aromatic rings. The number of amides is 1. The number of hydrogen-bond acceptors (Lipinski definition) is 6. The van der Waals surface area contributed by atoms with Gasteiger partial charge in [-0.15, -0.1) is 0 Å². The van der Waals surface area contributed by atoms with Gasteiger partial charge in [0, 0.05) is 19.2 Å². The van der Waals surface area contributed by atoms with E-state index in [1.54, 1.807) is 12.3 Å². The maximum absolute atomic E-state index is 12.3. The molecule has 0 radical (unpaired) electrons. The number of carbonyl (C=O) groups is 1. The number of rotatable bonds is 9. The number of morpholine rings is 1. The normalized spacial score (nSPS) is 14.0. The lowest BCUT2D eigenvalue weighted by Gasteiger charge is -2.27. The summed E-state index contributed by atoms with van der Waals surface area (Å²) < 4.78 is 16.7. The van der Waals surface area contributed by atoms with Crippen LogP contribution in [0.5, 0.6) is 11.5 Å². The SMILES string of the molecule is CCCOc1ccc(/C=C/C(=O)Nc2ccc(N3CCOCC3)nc2)cc1OCC. The highest BCUT2D eigenvalue weighted by molar-refractivity contribution is 6.01. The minimum absolute atomic E-state index is 0.222. The number of hydrogen-bond donors (Lipinski definition) is 1. The van der Waals surface area contributed by atoms with Crippen LogP contribution in [0.4, 0.5) is 11.5 Å². The Morgan fingerprint density at radius 2 is 2.00 bits per heavy atom. The van der Waals surface area contributed by atoms with E-state index in [0.717, 1.165) is 30.9 Å². The molecule has 2 heterocycles. The van der Waals surface area contributed by atoms with Gasteiger partial charge < -0.3 is 24.4 Å². The number of nitrogens with zero attached hydrogens (tertiary/aromatic N) is 2. The van der Waals surface area contributed by atoms with Crippen molar-refractivity contribution in [2.45, 2.75) is 20.3 Å². The second-order valence-electron chi connectivity index (χ2n) is 6.81. The summed E-state index contributed by atoms with van der Waals surface area (Å²) in [4.78, 5) is 18.9. The van der Waals surface area contributed by atoms with Gasteiger partial charge >= 0.3 is 0 Å². The Hall–Kier alpha value is -3.06. The molecule has 1 aliphatic heterocycles. The first-order valence-electron chi connectivity index (χ1n) is 10.4. The molecule has 0 aliphatic carbocycles. The molecule has 0 spiro atoms. The fourth-order valence-electron chi connectivity index (χ4n) is 3.02. The van der Waals surface area contributed by atoms with E-state index in [9.17, 15) is 4.79 Å². The lowest BCUT2D eigenvalue weighted by atomic mass is 10.2. The number of carbonyl (C=O) groups excluding carboxylic acids is 1. The Kier molecular flexibility index (Phi) is 8.09. The van der Waals surface area contributed by atoms with Crippen molar-refractivity contribution in [3.05, 3.63) is 48.2 Å². The number of pyridine rings is 1. The molecule has 0 atom stereocenters. The molecule has 1 amide bonds. The summed E-state index contributed by atoms with van der Waals surface area (Å²) in [5.41, 5.74) is 1.51. The molecular formula is C23H29N3O4. The van der Waals surface area contributed by atoms with Gasteiger partial charge in [-0.2, -0.15) is 0 Å². The molecule has 3 rings (SSSR count). The zero-order chi connectivity index (χ0) is 21.2. The van der Waals surface area contributed by atoms with E-state index in [-0.39, 0.29) is 5.91 Å². The van der Waals surface area contributed by atoms with Crippen molar-refractivity contribution in [2.24, 2.45) is 0 Å². The van der Waals surface area contributed by atoms with Gasteiger partial charge in [-0.1, -0.05) is 13.0 Å². The van der Waals surface area contributed by atoms with Crippen molar-refractivity contribution in [2.75, 3.05) is 49.7 Å². The second-order valence-corrected chi connectivity index (χ2v) is 6.81. The summed E-state index contributed by atoms with van der Waals surface area (Å²) in [6, 6.07) is 9.41. The van der Waals surface area contributed by atoms with Crippen LogP contribution in [-0.4, -0.2) is 50.4 Å². The monoisotopic (exact) mass is 411 g/mol. The van der Waals surface area contributed by atoms with Crippen LogP contribution in [-0.2, 0) is 9.53 Å². The smallest absolute Gasteiger partial charge is 0.248 e. The summed E-state index contributed by atoms with van der Waals surface area (Å²) in [5.74, 6) is 2.06. The van der Waals surface area contributed by atoms with Crippen LogP contribution in [0.1, 0.15) is 25.8 Å². The number of ether oxygens (including phenoxy) is 3. The van der Waals surface area contributed by atoms with Crippen molar-refractivity contribution in [3.63, 3.8) is 0 Å². The Balaban J connectivity index is 1.59. The zero-order valence-electron chi connectivity index (χ0n) is 17.6. The van der Waals surface area contributed by atoms with Crippen LogP contribution in [0.25, 0.3) is 6.08 Å². The maximum atomic E-state index is 12.3. The zero-order valence-corrected chi connectivity index (χ0v) is 17.6. The molecule has 0 saturated carbocycles. The van der Waals surface area contributed by atoms with Gasteiger partial charge in [-0.05, 0) is 49.2 Å². The molecule has 7 heteroatoms. The third kappa shape index (κ3) is 6.22. The van der Waals surface area contributed by atoms with E-state index < -0.39 is 0 Å². The fraction of sp³-hybridized carbons (Fsp3) is 0.391. The van der Waals surface area contributed by atoms with Crippen LogP contribution in [0.15, 0.2) is 42.6 Å². The fourth-order valence-corrected chi connectivity index (χ4v) is 3.02. The van der Waals surface area contributed by atoms with Crippen LogP contribution in [0.3, 0.4) is 0 Å². The van der Waals surface area contributed by atoms with Crippen LogP contribution >= 0.6 is 0 Å². The van der Waals surface area contributed by atoms with E-state index in [1.807, 2.05) is 37.3 Å². The first kappa shape index (κ1) is 21.6. The molecule has 30 heavy (non-hydrogen) atoms. The van der Waals surface area contributed by atoms with Crippen LogP contribution in [0.2, 0.25) is 0 Å². The van der Waals surface area contributed by atoms with Gasteiger partial charge in [-0.25, -0.2) is 4.98 Å². The average Bonchev–Trinajstić information content (AvgIpc) is 2.78. The van der Waals surface area contributed by atoms with E-state index in [4.69, 9.17) is 14.2 Å². The molecule has 1 aliphatic rings. The summed E-state index contributed by atoms with van der Waals surface area (Å²) >= 11 is 0. The third-order valence-electron chi connectivity index (χ3n) is 4.51. The molecule has 1 fully saturated rings. The number of benzene rings is 1. The van der Waals surface area contributed by atoms with Gasteiger partial charge in [0.2, 0.25) is 5.91 Å². The lowest BCUT2D eigenvalue weighted by Crippen LogP contribution is -2.36. The highest BCUT2D eigenvalue weighted by Crippen LogP contribution is 2.29. The number of anilines is 2. The van der Waals surface area contributed by atoms with Crippen molar-refractivity contribution in [1.82, 2.24) is 4.98 Å². The number of aromatic nitrogens is 1. The first-order chi connectivity index (χ1) is 14.7. The minimum Gasteiger partial charge on any atom is -0.490 e. The molecule has 0 unspecified atom stereocenters. The van der Waals surface area contributed by atoms with Crippen LogP contribution < -0.4 is 19.7 Å². The predicted molar refractivity (Wildman–Crippen MR) is 118 cm³/mol. The van der Waals surface area contributed by atoms with Gasteiger partial charge in [-0.3, -0.25) is 4.79 Å². The molecule has 160 valence electrons. The third-order valence-corrected chi connectivity index (χ3v) is 4.51. The van der Waals surface area contributed by atoms with Gasteiger partial charge in [0.05, 0.1) is 38.3 Å². The van der Waals surface area contributed by atoms with Crippen molar-refractivity contribution < 1.29 is 19.0 Å². The predicted octanol–water partition coefficient (Wildman–Crippen LogP) is 3.76. The Morgan fingerprint density at radius 1 is 1.17 bits per heavy atom.